The zero-order valence-electron chi connectivity index (χ0n) is 7.33. The van der Waals surface area contributed by atoms with Gasteiger partial charge in [0.15, 0.2) is 0 Å². The molecular weight excluding hydrogens is 280 g/mol. The van der Waals surface area contributed by atoms with Crippen LogP contribution in [-0.2, 0) is 11.9 Å². The van der Waals surface area contributed by atoms with Gasteiger partial charge < -0.3 is 5.11 Å². The molecule has 1 aromatic heterocycles. The van der Waals surface area contributed by atoms with Crippen molar-refractivity contribution in [1.82, 2.24) is 0 Å². The maximum atomic E-state index is 9.18. The van der Waals surface area contributed by atoms with E-state index in [1.165, 1.54) is 10.9 Å². The van der Waals surface area contributed by atoms with Gasteiger partial charge in [0, 0.05) is 10.0 Å². The van der Waals surface area contributed by atoms with Crippen LogP contribution in [0.2, 0.25) is 0 Å². The van der Waals surface area contributed by atoms with Gasteiger partial charge in [-0.1, -0.05) is 28.1 Å². The van der Waals surface area contributed by atoms with Gasteiger partial charge in [0.25, 0.3) is 0 Å². The van der Waals surface area contributed by atoms with Crippen LogP contribution in [0.1, 0.15) is 11.1 Å². The SMILES string of the molecule is OCc1ccc(CBr)c2cc(S)sc12. The molecule has 2 rings (SSSR count). The van der Waals surface area contributed by atoms with Gasteiger partial charge in [0.05, 0.1) is 10.8 Å². The molecule has 0 aliphatic carbocycles. The van der Waals surface area contributed by atoms with E-state index in [9.17, 15) is 5.11 Å². The Labute approximate surface area is 100 Å². The second-order valence-electron chi connectivity index (χ2n) is 3.00. The van der Waals surface area contributed by atoms with E-state index in [0.29, 0.717) is 0 Å². The number of alkyl halides is 1. The van der Waals surface area contributed by atoms with Crippen LogP contribution in [0.25, 0.3) is 10.1 Å². The molecule has 0 saturated heterocycles. The Kier molecular flexibility index (Phi) is 3.17. The molecule has 0 aliphatic rings. The quantitative estimate of drug-likeness (QED) is 0.639. The van der Waals surface area contributed by atoms with Crippen molar-refractivity contribution in [1.29, 1.82) is 0 Å². The lowest BCUT2D eigenvalue weighted by Gasteiger charge is -2.02. The molecule has 2 aromatic rings. The van der Waals surface area contributed by atoms with Crippen LogP contribution >= 0.6 is 39.9 Å². The standard InChI is InChI=1S/C10H9BrOS2/c11-4-6-1-2-7(5-12)10-8(6)3-9(13)14-10/h1-3,12-13H,4-5H2. The lowest BCUT2D eigenvalue weighted by atomic mass is 10.1. The molecule has 0 radical (unpaired) electrons. The maximum Gasteiger partial charge on any atom is 0.0695 e. The number of thiol groups is 1. The minimum Gasteiger partial charge on any atom is -0.392 e. The highest BCUT2D eigenvalue weighted by atomic mass is 79.9. The first-order chi connectivity index (χ1) is 6.76. The highest BCUT2D eigenvalue weighted by Gasteiger charge is 2.07. The van der Waals surface area contributed by atoms with Gasteiger partial charge in [-0.3, -0.25) is 0 Å². The van der Waals surface area contributed by atoms with Gasteiger partial charge in [-0.15, -0.1) is 24.0 Å². The van der Waals surface area contributed by atoms with Gasteiger partial charge in [-0.05, 0) is 22.6 Å². The second kappa shape index (κ2) is 4.23. The summed E-state index contributed by atoms with van der Waals surface area (Å²) in [7, 11) is 0. The predicted molar refractivity (Wildman–Crippen MR) is 67.6 cm³/mol. The van der Waals surface area contributed by atoms with Crippen molar-refractivity contribution in [2.75, 3.05) is 0 Å². The topological polar surface area (TPSA) is 20.2 Å². The molecule has 0 saturated carbocycles. The number of halogens is 1. The van der Waals surface area contributed by atoms with Crippen LogP contribution in [0.15, 0.2) is 22.4 Å². The van der Waals surface area contributed by atoms with Crippen molar-refractivity contribution < 1.29 is 5.11 Å². The average Bonchev–Trinajstić information content (AvgIpc) is 2.57. The first-order valence-corrected chi connectivity index (χ1v) is 6.55. The summed E-state index contributed by atoms with van der Waals surface area (Å²) in [5.74, 6) is 0. The van der Waals surface area contributed by atoms with Gasteiger partial charge >= 0.3 is 0 Å². The number of aliphatic hydroxyl groups excluding tert-OH is 1. The van der Waals surface area contributed by atoms with E-state index in [4.69, 9.17) is 0 Å². The Morgan fingerprint density at radius 1 is 1.36 bits per heavy atom. The number of hydrogen-bond donors (Lipinski definition) is 2. The van der Waals surface area contributed by atoms with Crippen LogP contribution in [0.4, 0.5) is 0 Å². The molecule has 74 valence electrons. The highest BCUT2D eigenvalue weighted by molar-refractivity contribution is 9.08. The third-order valence-corrected chi connectivity index (χ3v) is 4.18. The van der Waals surface area contributed by atoms with Crippen molar-refractivity contribution >= 4 is 50.0 Å². The molecule has 0 amide bonds. The van der Waals surface area contributed by atoms with Crippen molar-refractivity contribution in [3.63, 3.8) is 0 Å². The van der Waals surface area contributed by atoms with E-state index >= 15 is 0 Å². The second-order valence-corrected chi connectivity index (χ2v) is 5.40. The lowest BCUT2D eigenvalue weighted by molar-refractivity contribution is 0.283. The monoisotopic (exact) mass is 288 g/mol. The third-order valence-electron chi connectivity index (χ3n) is 2.16. The summed E-state index contributed by atoms with van der Waals surface area (Å²) in [6, 6.07) is 6.07. The summed E-state index contributed by atoms with van der Waals surface area (Å²) in [5, 5.41) is 11.2. The Morgan fingerprint density at radius 3 is 2.71 bits per heavy atom. The van der Waals surface area contributed by atoms with E-state index in [1.807, 2.05) is 12.1 Å². The molecule has 0 spiro atoms. The number of benzene rings is 1. The molecule has 0 atom stereocenters. The summed E-state index contributed by atoms with van der Waals surface area (Å²) < 4.78 is 2.14. The zero-order chi connectivity index (χ0) is 10.1. The Bertz CT molecular complexity index is 423. The summed E-state index contributed by atoms with van der Waals surface area (Å²) in [6.07, 6.45) is 0. The summed E-state index contributed by atoms with van der Waals surface area (Å²) in [6.45, 7) is 0.0901. The van der Waals surface area contributed by atoms with Gasteiger partial charge in [0.1, 0.15) is 0 Å². The van der Waals surface area contributed by atoms with E-state index < -0.39 is 0 Å². The zero-order valence-corrected chi connectivity index (χ0v) is 10.6. The fourth-order valence-electron chi connectivity index (χ4n) is 1.46. The van der Waals surface area contributed by atoms with Crippen LogP contribution in [0, 0.1) is 0 Å². The van der Waals surface area contributed by atoms with Crippen LogP contribution in [0.3, 0.4) is 0 Å². The summed E-state index contributed by atoms with van der Waals surface area (Å²) in [5.41, 5.74) is 2.23. The lowest BCUT2D eigenvalue weighted by Crippen LogP contribution is -1.85. The highest BCUT2D eigenvalue weighted by Crippen LogP contribution is 2.34. The Hall–Kier alpha value is -0.0300. The van der Waals surface area contributed by atoms with Crippen LogP contribution < -0.4 is 0 Å². The first kappa shape index (κ1) is 10.5. The summed E-state index contributed by atoms with van der Waals surface area (Å²) in [4.78, 5) is 0. The van der Waals surface area contributed by atoms with Crippen molar-refractivity contribution in [3.05, 3.63) is 29.3 Å². The summed E-state index contributed by atoms with van der Waals surface area (Å²) >= 11 is 9.40. The molecule has 1 nitrogen and oxygen atoms in total. The van der Waals surface area contributed by atoms with Crippen molar-refractivity contribution in [3.8, 4) is 0 Å². The maximum absolute atomic E-state index is 9.18. The molecule has 1 heterocycles. The minimum absolute atomic E-state index is 0.0901. The molecule has 4 heteroatoms. The Balaban J connectivity index is 2.77. The van der Waals surface area contributed by atoms with Crippen molar-refractivity contribution in [2.24, 2.45) is 0 Å². The Morgan fingerprint density at radius 2 is 2.07 bits per heavy atom. The predicted octanol–water partition coefficient (Wildman–Crippen LogP) is 3.58. The molecule has 14 heavy (non-hydrogen) atoms. The van der Waals surface area contributed by atoms with Crippen LogP contribution in [0.5, 0.6) is 0 Å². The molecule has 0 aliphatic heterocycles. The number of rotatable bonds is 2. The molecule has 0 fully saturated rings. The largest absolute Gasteiger partial charge is 0.392 e. The van der Waals surface area contributed by atoms with Gasteiger partial charge in [0.2, 0.25) is 0 Å². The smallest absolute Gasteiger partial charge is 0.0695 e. The van der Waals surface area contributed by atoms with Gasteiger partial charge in [-0.25, -0.2) is 0 Å². The molecular formula is C10H9BrOS2. The fraction of sp³-hybridized carbons (Fsp3) is 0.200. The van der Waals surface area contributed by atoms with E-state index in [2.05, 4.69) is 34.6 Å². The fourth-order valence-corrected chi connectivity index (χ4v) is 3.30. The normalized spacial score (nSPS) is 11.1. The molecule has 0 bridgehead atoms. The molecule has 0 unspecified atom stereocenters. The van der Waals surface area contributed by atoms with Gasteiger partial charge in [-0.2, -0.15) is 0 Å². The number of aliphatic hydroxyl groups is 1. The average molecular weight is 289 g/mol. The number of thiophene rings is 1. The minimum atomic E-state index is 0.0901. The molecule has 1 aromatic carbocycles. The van der Waals surface area contributed by atoms with Crippen molar-refractivity contribution in [2.45, 2.75) is 16.1 Å². The van der Waals surface area contributed by atoms with E-state index in [0.717, 1.165) is 19.8 Å². The number of hydrogen-bond acceptors (Lipinski definition) is 3. The third kappa shape index (κ3) is 1.72. The van der Waals surface area contributed by atoms with E-state index in [-0.39, 0.29) is 6.61 Å². The number of fused-ring (bicyclic) bond motifs is 1. The molecule has 1 N–H and O–H groups in total. The first-order valence-electron chi connectivity index (χ1n) is 4.16. The van der Waals surface area contributed by atoms with E-state index in [1.54, 1.807) is 11.3 Å². The van der Waals surface area contributed by atoms with Crippen LogP contribution in [-0.4, -0.2) is 5.11 Å².